The first-order valence-electron chi connectivity index (χ1n) is 8.62. The van der Waals surface area contributed by atoms with E-state index in [-0.39, 0.29) is 29.3 Å². The van der Waals surface area contributed by atoms with Crippen molar-refractivity contribution < 1.29 is 17.6 Å². The van der Waals surface area contributed by atoms with Gasteiger partial charge in [-0.2, -0.15) is 0 Å². The van der Waals surface area contributed by atoms with Crippen LogP contribution in [0, 0.1) is 5.82 Å². The number of amides is 1. The average molecular weight is 392 g/mol. The lowest BCUT2D eigenvalue weighted by molar-refractivity contribution is 0.0953. The molecule has 0 radical (unpaired) electrons. The Kier molecular flexibility index (Phi) is 5.69. The van der Waals surface area contributed by atoms with Gasteiger partial charge >= 0.3 is 0 Å². The largest absolute Gasteiger partial charge is 0.352 e. The van der Waals surface area contributed by atoms with Crippen molar-refractivity contribution in [2.75, 3.05) is 30.0 Å². The lowest BCUT2D eigenvalue weighted by atomic mass is 10.1. The first kappa shape index (κ1) is 19.2. The standard InChI is InChI=1S/C18H21FN4O3S/c1-23(16-7-9-27(25,26)12-16)18-21-10-14(11-22-18)17(24)20-8-6-13-2-4-15(19)5-3-13/h2-5,10-11,16H,6-9,12H2,1H3,(H,20,24). The number of carbonyl (C=O) groups excluding carboxylic acids is 1. The van der Waals surface area contributed by atoms with Crippen LogP contribution < -0.4 is 10.2 Å². The molecule has 1 unspecified atom stereocenters. The molecular weight excluding hydrogens is 371 g/mol. The second-order valence-corrected chi connectivity index (χ2v) is 8.80. The predicted molar refractivity (Wildman–Crippen MR) is 99.9 cm³/mol. The minimum atomic E-state index is -2.99. The quantitative estimate of drug-likeness (QED) is 0.795. The van der Waals surface area contributed by atoms with Crippen LogP contribution in [0.1, 0.15) is 22.3 Å². The van der Waals surface area contributed by atoms with Crippen LogP contribution in [-0.4, -0.2) is 55.4 Å². The Balaban J connectivity index is 1.53. The third-order valence-electron chi connectivity index (χ3n) is 4.58. The average Bonchev–Trinajstić information content (AvgIpc) is 3.02. The SMILES string of the molecule is CN(c1ncc(C(=O)NCCc2ccc(F)cc2)cn1)C1CCS(=O)(=O)C1. The highest BCUT2D eigenvalue weighted by atomic mass is 32.2. The molecule has 0 saturated carbocycles. The molecule has 0 spiro atoms. The molecule has 1 fully saturated rings. The van der Waals surface area contributed by atoms with E-state index in [1.807, 2.05) is 0 Å². The van der Waals surface area contributed by atoms with E-state index in [0.29, 0.717) is 30.9 Å². The van der Waals surface area contributed by atoms with Crippen molar-refractivity contribution in [3.8, 4) is 0 Å². The van der Waals surface area contributed by atoms with Crippen molar-refractivity contribution in [2.45, 2.75) is 18.9 Å². The zero-order chi connectivity index (χ0) is 19.4. The van der Waals surface area contributed by atoms with Gasteiger partial charge in [0.1, 0.15) is 5.82 Å². The first-order valence-corrected chi connectivity index (χ1v) is 10.4. The van der Waals surface area contributed by atoms with Crippen molar-refractivity contribution in [3.05, 3.63) is 53.6 Å². The minimum Gasteiger partial charge on any atom is -0.352 e. The molecule has 1 amide bonds. The number of rotatable bonds is 6. The fraction of sp³-hybridized carbons (Fsp3) is 0.389. The molecular formula is C18H21FN4O3S. The van der Waals surface area contributed by atoms with E-state index in [1.54, 1.807) is 24.1 Å². The van der Waals surface area contributed by atoms with Crippen LogP contribution >= 0.6 is 0 Å². The van der Waals surface area contributed by atoms with Crippen LogP contribution in [0.2, 0.25) is 0 Å². The second kappa shape index (κ2) is 7.99. The van der Waals surface area contributed by atoms with Gasteiger partial charge in [-0.1, -0.05) is 12.1 Å². The monoisotopic (exact) mass is 392 g/mol. The summed E-state index contributed by atoms with van der Waals surface area (Å²) in [7, 11) is -1.23. The summed E-state index contributed by atoms with van der Waals surface area (Å²) >= 11 is 0. The maximum atomic E-state index is 12.9. The Labute approximate surface area is 157 Å². The number of halogens is 1. The zero-order valence-electron chi connectivity index (χ0n) is 14.9. The van der Waals surface area contributed by atoms with Crippen molar-refractivity contribution in [1.82, 2.24) is 15.3 Å². The fourth-order valence-electron chi connectivity index (χ4n) is 2.94. The molecule has 144 valence electrons. The molecule has 2 aromatic rings. The van der Waals surface area contributed by atoms with Gasteiger partial charge in [-0.3, -0.25) is 4.79 Å². The fourth-order valence-corrected chi connectivity index (χ4v) is 4.71. The van der Waals surface area contributed by atoms with Crippen LogP contribution in [0.5, 0.6) is 0 Å². The van der Waals surface area contributed by atoms with Gasteiger partial charge in [0.25, 0.3) is 5.91 Å². The molecule has 1 atom stereocenters. The molecule has 1 aromatic heterocycles. The maximum absolute atomic E-state index is 12.9. The zero-order valence-corrected chi connectivity index (χ0v) is 15.7. The van der Waals surface area contributed by atoms with Gasteiger partial charge in [0.2, 0.25) is 5.95 Å². The number of nitrogens with one attached hydrogen (secondary N) is 1. The van der Waals surface area contributed by atoms with E-state index in [1.165, 1.54) is 24.5 Å². The molecule has 1 aromatic carbocycles. The predicted octanol–water partition coefficient (Wildman–Crippen LogP) is 1.21. The first-order chi connectivity index (χ1) is 12.8. The van der Waals surface area contributed by atoms with Crippen LogP contribution in [0.3, 0.4) is 0 Å². The summed E-state index contributed by atoms with van der Waals surface area (Å²) in [4.78, 5) is 22.3. The van der Waals surface area contributed by atoms with E-state index in [0.717, 1.165) is 5.56 Å². The Morgan fingerprint density at radius 2 is 1.93 bits per heavy atom. The number of nitrogens with zero attached hydrogens (tertiary/aromatic N) is 3. The second-order valence-electron chi connectivity index (χ2n) is 6.57. The number of hydrogen-bond donors (Lipinski definition) is 1. The molecule has 1 aliphatic heterocycles. The summed E-state index contributed by atoms with van der Waals surface area (Å²) in [5, 5.41) is 2.77. The van der Waals surface area contributed by atoms with E-state index in [4.69, 9.17) is 0 Å². The normalized spacial score (nSPS) is 18.2. The number of carbonyl (C=O) groups is 1. The lowest BCUT2D eigenvalue weighted by Gasteiger charge is -2.23. The Morgan fingerprint density at radius 1 is 1.26 bits per heavy atom. The van der Waals surface area contributed by atoms with Crippen LogP contribution in [0.4, 0.5) is 10.3 Å². The highest BCUT2D eigenvalue weighted by Crippen LogP contribution is 2.19. The van der Waals surface area contributed by atoms with Crippen molar-refractivity contribution in [1.29, 1.82) is 0 Å². The molecule has 1 aliphatic rings. The molecule has 1 N–H and O–H groups in total. The van der Waals surface area contributed by atoms with Crippen LogP contribution in [0.25, 0.3) is 0 Å². The summed E-state index contributed by atoms with van der Waals surface area (Å²) < 4.78 is 36.1. The van der Waals surface area contributed by atoms with E-state index in [2.05, 4.69) is 15.3 Å². The number of hydrogen-bond acceptors (Lipinski definition) is 6. The highest BCUT2D eigenvalue weighted by Gasteiger charge is 2.31. The third-order valence-corrected chi connectivity index (χ3v) is 6.33. The Hall–Kier alpha value is -2.55. The van der Waals surface area contributed by atoms with Crippen molar-refractivity contribution in [3.63, 3.8) is 0 Å². The van der Waals surface area contributed by atoms with Gasteiger partial charge in [-0.25, -0.2) is 22.8 Å². The smallest absolute Gasteiger partial charge is 0.254 e. The number of aromatic nitrogens is 2. The van der Waals surface area contributed by atoms with Gasteiger partial charge in [0.05, 0.1) is 17.1 Å². The number of benzene rings is 1. The van der Waals surface area contributed by atoms with Gasteiger partial charge in [-0.15, -0.1) is 0 Å². The van der Waals surface area contributed by atoms with Crippen molar-refractivity contribution in [2.24, 2.45) is 0 Å². The topological polar surface area (TPSA) is 92.3 Å². The molecule has 3 rings (SSSR count). The van der Waals surface area contributed by atoms with E-state index in [9.17, 15) is 17.6 Å². The summed E-state index contributed by atoms with van der Waals surface area (Å²) in [6.45, 7) is 0.409. The Bertz CT molecular complexity index is 901. The van der Waals surface area contributed by atoms with Crippen LogP contribution in [-0.2, 0) is 16.3 Å². The highest BCUT2D eigenvalue weighted by molar-refractivity contribution is 7.91. The third kappa shape index (κ3) is 5.00. The van der Waals surface area contributed by atoms with Crippen molar-refractivity contribution >= 4 is 21.7 Å². The summed E-state index contributed by atoms with van der Waals surface area (Å²) in [6, 6.07) is 5.98. The molecule has 2 heterocycles. The molecule has 9 heteroatoms. The van der Waals surface area contributed by atoms with Gasteiger partial charge in [-0.05, 0) is 30.5 Å². The maximum Gasteiger partial charge on any atom is 0.254 e. The van der Waals surface area contributed by atoms with Gasteiger partial charge < -0.3 is 10.2 Å². The van der Waals surface area contributed by atoms with Crippen LogP contribution in [0.15, 0.2) is 36.7 Å². The summed E-state index contributed by atoms with van der Waals surface area (Å²) in [6.07, 6.45) is 3.99. The van der Waals surface area contributed by atoms with Gasteiger partial charge in [0.15, 0.2) is 9.84 Å². The van der Waals surface area contributed by atoms with E-state index < -0.39 is 9.84 Å². The molecule has 0 bridgehead atoms. The summed E-state index contributed by atoms with van der Waals surface area (Å²) in [5.74, 6) is 0.0737. The Morgan fingerprint density at radius 3 is 2.52 bits per heavy atom. The van der Waals surface area contributed by atoms with E-state index >= 15 is 0 Å². The van der Waals surface area contributed by atoms with Gasteiger partial charge in [0, 0.05) is 32.0 Å². The number of sulfone groups is 1. The molecule has 0 aliphatic carbocycles. The molecule has 1 saturated heterocycles. The lowest BCUT2D eigenvalue weighted by Crippen LogP contribution is -2.34. The number of anilines is 1. The molecule has 27 heavy (non-hydrogen) atoms. The molecule has 7 nitrogen and oxygen atoms in total. The summed E-state index contributed by atoms with van der Waals surface area (Å²) in [5.41, 5.74) is 1.25. The minimum absolute atomic E-state index is 0.0957.